The van der Waals surface area contributed by atoms with Gasteiger partial charge >= 0.3 is 0 Å². The van der Waals surface area contributed by atoms with Crippen molar-refractivity contribution >= 4 is 45.7 Å². The molecule has 0 aliphatic carbocycles. The second-order valence-electron chi connectivity index (χ2n) is 5.32. The molecular formula is C17H12ClIN6. The van der Waals surface area contributed by atoms with Crippen LogP contribution < -0.4 is 5.32 Å². The largest absolute Gasteiger partial charge is 0.365 e. The Hall–Kier alpha value is -2.26. The summed E-state index contributed by atoms with van der Waals surface area (Å²) in [5, 5.41) is 3.51. The molecule has 0 unspecified atom stereocenters. The van der Waals surface area contributed by atoms with E-state index in [0.29, 0.717) is 6.54 Å². The van der Waals surface area contributed by atoms with Crippen molar-refractivity contribution in [3.8, 4) is 11.3 Å². The molecule has 0 saturated carbocycles. The Kier molecular flexibility index (Phi) is 4.50. The lowest BCUT2D eigenvalue weighted by Crippen LogP contribution is -2.04. The fourth-order valence-corrected chi connectivity index (χ4v) is 3.08. The third-order valence-electron chi connectivity index (χ3n) is 3.71. The van der Waals surface area contributed by atoms with E-state index in [-0.39, 0.29) is 5.28 Å². The summed E-state index contributed by atoms with van der Waals surface area (Å²) in [5.74, 6) is 0.730. The molecule has 3 aromatic heterocycles. The Labute approximate surface area is 162 Å². The first-order valence-corrected chi connectivity index (χ1v) is 8.95. The molecule has 1 N–H and O–H groups in total. The van der Waals surface area contributed by atoms with Gasteiger partial charge in [-0.2, -0.15) is 4.98 Å². The second kappa shape index (κ2) is 6.93. The quantitative estimate of drug-likeness (QED) is 0.366. The van der Waals surface area contributed by atoms with Gasteiger partial charge in [0.15, 0.2) is 5.65 Å². The molecule has 0 spiro atoms. The summed E-state index contributed by atoms with van der Waals surface area (Å²) in [6.07, 6.45) is 9.04. The highest BCUT2D eigenvalue weighted by atomic mass is 127. The van der Waals surface area contributed by atoms with Gasteiger partial charge in [-0.05, 0) is 39.8 Å². The predicted molar refractivity (Wildman–Crippen MR) is 106 cm³/mol. The van der Waals surface area contributed by atoms with Gasteiger partial charge in [-0.25, -0.2) is 9.97 Å². The van der Waals surface area contributed by atoms with E-state index >= 15 is 0 Å². The Morgan fingerprint density at radius 3 is 2.60 bits per heavy atom. The van der Waals surface area contributed by atoms with Crippen LogP contribution >= 0.6 is 34.2 Å². The smallest absolute Gasteiger partial charge is 0.224 e. The fourth-order valence-electron chi connectivity index (χ4n) is 2.49. The number of anilines is 1. The van der Waals surface area contributed by atoms with E-state index in [9.17, 15) is 0 Å². The number of imidazole rings is 1. The molecule has 25 heavy (non-hydrogen) atoms. The topological polar surface area (TPSA) is 68.0 Å². The van der Waals surface area contributed by atoms with Crippen molar-refractivity contribution in [1.82, 2.24) is 24.3 Å². The minimum atomic E-state index is 0.233. The molecule has 0 bridgehead atoms. The van der Waals surface area contributed by atoms with Gasteiger partial charge in [-0.15, -0.1) is 0 Å². The van der Waals surface area contributed by atoms with Crippen molar-refractivity contribution in [2.75, 3.05) is 5.32 Å². The summed E-state index contributed by atoms with van der Waals surface area (Å²) in [7, 11) is 0. The Morgan fingerprint density at radius 2 is 1.80 bits per heavy atom. The highest BCUT2D eigenvalue weighted by Gasteiger charge is 2.07. The molecule has 3 heterocycles. The van der Waals surface area contributed by atoms with Crippen LogP contribution in [0.1, 0.15) is 5.56 Å². The van der Waals surface area contributed by atoms with E-state index in [4.69, 9.17) is 11.6 Å². The average molecular weight is 463 g/mol. The van der Waals surface area contributed by atoms with Crippen LogP contribution in [0.2, 0.25) is 5.28 Å². The van der Waals surface area contributed by atoms with Crippen LogP contribution in [-0.4, -0.2) is 24.3 Å². The number of aromatic nitrogens is 5. The first kappa shape index (κ1) is 16.2. The molecule has 8 heteroatoms. The highest BCUT2D eigenvalue weighted by Crippen LogP contribution is 2.22. The maximum absolute atomic E-state index is 5.85. The molecule has 4 rings (SSSR count). The lowest BCUT2D eigenvalue weighted by Gasteiger charge is -2.08. The zero-order valence-corrected chi connectivity index (χ0v) is 15.8. The number of hydrogen-bond acceptors (Lipinski definition) is 5. The van der Waals surface area contributed by atoms with Crippen molar-refractivity contribution in [3.63, 3.8) is 0 Å². The van der Waals surface area contributed by atoms with Crippen molar-refractivity contribution in [2.24, 2.45) is 0 Å². The van der Waals surface area contributed by atoms with Crippen LogP contribution in [0, 0.1) is 3.57 Å². The number of nitrogens with one attached hydrogen (secondary N) is 1. The van der Waals surface area contributed by atoms with E-state index < -0.39 is 0 Å². The van der Waals surface area contributed by atoms with Gasteiger partial charge < -0.3 is 9.72 Å². The van der Waals surface area contributed by atoms with E-state index in [1.54, 1.807) is 18.6 Å². The van der Waals surface area contributed by atoms with E-state index in [0.717, 1.165) is 31.9 Å². The molecule has 0 aliphatic rings. The van der Waals surface area contributed by atoms with Crippen molar-refractivity contribution in [1.29, 1.82) is 0 Å². The van der Waals surface area contributed by atoms with Crippen LogP contribution in [-0.2, 0) is 6.54 Å². The van der Waals surface area contributed by atoms with Crippen LogP contribution in [0.5, 0.6) is 0 Å². The number of nitrogens with zero attached hydrogens (tertiary/aromatic N) is 5. The summed E-state index contributed by atoms with van der Waals surface area (Å²) >= 11 is 8.02. The van der Waals surface area contributed by atoms with Gasteiger partial charge in [0.2, 0.25) is 5.28 Å². The fraction of sp³-hybridized carbons (Fsp3) is 0.0588. The van der Waals surface area contributed by atoms with Gasteiger partial charge in [0.25, 0.3) is 0 Å². The lowest BCUT2D eigenvalue weighted by molar-refractivity contribution is 1.07. The lowest BCUT2D eigenvalue weighted by atomic mass is 10.1. The van der Waals surface area contributed by atoms with Gasteiger partial charge in [0.05, 0.1) is 3.57 Å². The predicted octanol–water partition coefficient (Wildman–Crippen LogP) is 4.06. The first-order chi connectivity index (χ1) is 12.2. The van der Waals surface area contributed by atoms with E-state index in [1.807, 2.05) is 28.9 Å². The number of hydrogen-bond donors (Lipinski definition) is 1. The first-order valence-electron chi connectivity index (χ1n) is 7.49. The van der Waals surface area contributed by atoms with Crippen LogP contribution in [0.4, 0.5) is 5.82 Å². The molecular weight excluding hydrogens is 451 g/mol. The minimum Gasteiger partial charge on any atom is -0.365 e. The van der Waals surface area contributed by atoms with Gasteiger partial charge in [0, 0.05) is 43.1 Å². The van der Waals surface area contributed by atoms with Crippen molar-refractivity contribution < 1.29 is 0 Å². The SMILES string of the molecule is Clc1ncc(I)c(NCc2ccc(-c3nccn4ccnc34)cc2)n1. The molecule has 4 aromatic rings. The third-order valence-corrected chi connectivity index (χ3v) is 4.68. The standard InChI is InChI=1S/C17H12ClIN6/c18-17-23-10-13(19)15(24-17)22-9-11-1-3-12(4-2-11)14-16-21-6-8-25(16)7-5-20-14/h1-8,10H,9H2,(H,22,23,24). The molecule has 0 fully saturated rings. The Morgan fingerprint density at radius 1 is 1.04 bits per heavy atom. The Bertz CT molecular complexity index is 1030. The third kappa shape index (κ3) is 3.42. The van der Waals surface area contributed by atoms with Crippen LogP contribution in [0.25, 0.3) is 16.9 Å². The minimum absolute atomic E-state index is 0.233. The molecule has 124 valence electrons. The molecule has 6 nitrogen and oxygen atoms in total. The summed E-state index contributed by atoms with van der Waals surface area (Å²) in [5.41, 5.74) is 3.87. The normalized spacial score (nSPS) is 11.0. The zero-order valence-electron chi connectivity index (χ0n) is 12.9. The monoisotopic (exact) mass is 462 g/mol. The number of halogens is 2. The zero-order chi connectivity index (χ0) is 17.2. The highest BCUT2D eigenvalue weighted by molar-refractivity contribution is 14.1. The molecule has 0 amide bonds. The van der Waals surface area contributed by atoms with Crippen molar-refractivity contribution in [3.05, 3.63) is 69.7 Å². The number of benzene rings is 1. The number of rotatable bonds is 4. The molecule has 1 aromatic carbocycles. The maximum Gasteiger partial charge on any atom is 0.224 e. The summed E-state index contributed by atoms with van der Waals surface area (Å²) < 4.78 is 2.88. The molecule has 0 aliphatic heterocycles. The molecule has 0 saturated heterocycles. The summed E-state index contributed by atoms with van der Waals surface area (Å²) in [6.45, 7) is 0.643. The van der Waals surface area contributed by atoms with Gasteiger partial charge in [-0.3, -0.25) is 4.98 Å². The molecule has 0 atom stereocenters. The van der Waals surface area contributed by atoms with Crippen LogP contribution in [0.3, 0.4) is 0 Å². The Balaban J connectivity index is 1.54. The molecule has 0 radical (unpaired) electrons. The summed E-state index contributed by atoms with van der Waals surface area (Å²) in [6, 6.07) is 8.22. The maximum atomic E-state index is 5.85. The average Bonchev–Trinajstić information content (AvgIpc) is 3.12. The number of fused-ring (bicyclic) bond motifs is 1. The van der Waals surface area contributed by atoms with Gasteiger partial charge in [0.1, 0.15) is 11.5 Å². The van der Waals surface area contributed by atoms with Crippen molar-refractivity contribution in [2.45, 2.75) is 6.54 Å². The van der Waals surface area contributed by atoms with Gasteiger partial charge in [-0.1, -0.05) is 24.3 Å². The summed E-state index contributed by atoms with van der Waals surface area (Å²) in [4.78, 5) is 17.0. The van der Waals surface area contributed by atoms with E-state index in [2.05, 4.69) is 60.0 Å². The second-order valence-corrected chi connectivity index (χ2v) is 6.82. The van der Waals surface area contributed by atoms with E-state index in [1.165, 1.54) is 0 Å². The van der Waals surface area contributed by atoms with Crippen LogP contribution in [0.15, 0.2) is 55.2 Å².